The number of nitrogens with zero attached hydrogens (tertiary/aromatic N) is 3. The molecule has 0 amide bonds. The van der Waals surface area contributed by atoms with Crippen LogP contribution in [0, 0.1) is 11.3 Å². The molecule has 0 aromatic carbocycles. The van der Waals surface area contributed by atoms with Crippen LogP contribution in [0.4, 0.5) is 0 Å². The van der Waals surface area contributed by atoms with Crippen molar-refractivity contribution in [2.24, 2.45) is 5.73 Å². The molecule has 4 heteroatoms. The van der Waals surface area contributed by atoms with E-state index in [0.29, 0.717) is 13.0 Å². The van der Waals surface area contributed by atoms with Crippen molar-refractivity contribution < 1.29 is 0 Å². The van der Waals surface area contributed by atoms with Gasteiger partial charge >= 0.3 is 0 Å². The van der Waals surface area contributed by atoms with Crippen molar-refractivity contribution in [1.82, 2.24) is 9.78 Å². The van der Waals surface area contributed by atoms with Crippen molar-refractivity contribution in [2.45, 2.75) is 19.0 Å². The van der Waals surface area contributed by atoms with Crippen LogP contribution in [-0.2, 0) is 6.54 Å². The van der Waals surface area contributed by atoms with Crippen molar-refractivity contribution >= 4 is 0 Å². The lowest BCUT2D eigenvalue weighted by Gasteiger charge is -2.01. The first-order valence-corrected chi connectivity index (χ1v) is 3.45. The summed E-state index contributed by atoms with van der Waals surface area (Å²) in [5.41, 5.74) is 5.39. The van der Waals surface area contributed by atoms with Crippen molar-refractivity contribution in [3.8, 4) is 6.07 Å². The van der Waals surface area contributed by atoms with Gasteiger partial charge < -0.3 is 5.73 Å². The Kier molecular flexibility index (Phi) is 2.64. The summed E-state index contributed by atoms with van der Waals surface area (Å²) < 4.78 is 1.76. The largest absolute Gasteiger partial charge is 0.316 e. The summed E-state index contributed by atoms with van der Waals surface area (Å²) >= 11 is 0. The lowest BCUT2D eigenvalue weighted by molar-refractivity contribution is 0.554. The van der Waals surface area contributed by atoms with Crippen LogP contribution >= 0.6 is 0 Å². The fourth-order valence-electron chi connectivity index (χ4n) is 0.769. The van der Waals surface area contributed by atoms with E-state index in [1.807, 2.05) is 18.3 Å². The van der Waals surface area contributed by atoms with Gasteiger partial charge in [0.2, 0.25) is 0 Å². The highest BCUT2D eigenvalue weighted by Crippen LogP contribution is 1.91. The standard InChI is InChI=1S/C7H10N4/c8-6-7(9)2-5-11-4-1-3-10-11/h1,3-4,7H,2,5,9H2. The molecule has 0 radical (unpaired) electrons. The van der Waals surface area contributed by atoms with Gasteiger partial charge in [-0.3, -0.25) is 4.68 Å². The molecule has 0 bridgehead atoms. The van der Waals surface area contributed by atoms with Crippen LogP contribution in [0.3, 0.4) is 0 Å². The van der Waals surface area contributed by atoms with Crippen LogP contribution in [0.15, 0.2) is 18.5 Å². The van der Waals surface area contributed by atoms with Gasteiger partial charge in [0, 0.05) is 18.9 Å². The third-order valence-corrected chi connectivity index (χ3v) is 1.39. The Morgan fingerprint density at radius 1 is 1.73 bits per heavy atom. The normalized spacial score (nSPS) is 12.4. The van der Waals surface area contributed by atoms with Gasteiger partial charge in [-0.15, -0.1) is 0 Å². The van der Waals surface area contributed by atoms with Gasteiger partial charge in [-0.25, -0.2) is 0 Å². The van der Waals surface area contributed by atoms with Crippen LogP contribution in [0.25, 0.3) is 0 Å². The SMILES string of the molecule is N#CC(N)CCn1cccn1. The fraction of sp³-hybridized carbons (Fsp3) is 0.429. The summed E-state index contributed by atoms with van der Waals surface area (Å²) in [4.78, 5) is 0. The van der Waals surface area contributed by atoms with E-state index in [4.69, 9.17) is 11.0 Å². The van der Waals surface area contributed by atoms with Gasteiger partial charge in [0.25, 0.3) is 0 Å². The highest BCUT2D eigenvalue weighted by atomic mass is 15.3. The minimum Gasteiger partial charge on any atom is -0.316 e. The molecule has 0 spiro atoms. The summed E-state index contributed by atoms with van der Waals surface area (Å²) in [7, 11) is 0. The van der Waals surface area contributed by atoms with Gasteiger partial charge in [-0.05, 0) is 12.5 Å². The number of nitrogens with two attached hydrogens (primary N) is 1. The first-order valence-electron chi connectivity index (χ1n) is 3.45. The molecule has 4 nitrogen and oxygen atoms in total. The van der Waals surface area contributed by atoms with E-state index in [0.717, 1.165) is 0 Å². The number of rotatable bonds is 3. The quantitative estimate of drug-likeness (QED) is 0.665. The molecule has 0 aliphatic carbocycles. The molecule has 1 unspecified atom stereocenters. The summed E-state index contributed by atoms with van der Waals surface area (Å²) in [6.45, 7) is 0.710. The Balaban J connectivity index is 2.30. The average Bonchev–Trinajstić information content (AvgIpc) is 2.52. The number of hydrogen-bond donors (Lipinski definition) is 1. The van der Waals surface area contributed by atoms with Crippen molar-refractivity contribution in [3.05, 3.63) is 18.5 Å². The second kappa shape index (κ2) is 3.74. The Bertz CT molecular complexity index is 233. The van der Waals surface area contributed by atoms with Gasteiger partial charge in [-0.2, -0.15) is 10.4 Å². The van der Waals surface area contributed by atoms with E-state index in [-0.39, 0.29) is 6.04 Å². The zero-order valence-corrected chi connectivity index (χ0v) is 6.14. The van der Waals surface area contributed by atoms with Crippen molar-refractivity contribution in [1.29, 1.82) is 5.26 Å². The van der Waals surface area contributed by atoms with E-state index in [1.54, 1.807) is 10.9 Å². The van der Waals surface area contributed by atoms with Crippen LogP contribution < -0.4 is 5.73 Å². The molecule has 1 atom stereocenters. The molecule has 58 valence electrons. The Morgan fingerprint density at radius 2 is 2.55 bits per heavy atom. The molecule has 1 heterocycles. The first kappa shape index (κ1) is 7.76. The van der Waals surface area contributed by atoms with Crippen LogP contribution in [-0.4, -0.2) is 15.8 Å². The van der Waals surface area contributed by atoms with Gasteiger partial charge in [0.1, 0.15) is 0 Å². The van der Waals surface area contributed by atoms with Gasteiger partial charge in [0.15, 0.2) is 0 Å². The van der Waals surface area contributed by atoms with Crippen LogP contribution in [0.2, 0.25) is 0 Å². The fourth-order valence-corrected chi connectivity index (χ4v) is 0.769. The second-order valence-corrected chi connectivity index (χ2v) is 2.29. The van der Waals surface area contributed by atoms with E-state index in [2.05, 4.69) is 5.10 Å². The third-order valence-electron chi connectivity index (χ3n) is 1.39. The number of nitriles is 1. The van der Waals surface area contributed by atoms with Crippen LogP contribution in [0.1, 0.15) is 6.42 Å². The number of aromatic nitrogens is 2. The van der Waals surface area contributed by atoms with E-state index < -0.39 is 0 Å². The molecule has 1 aromatic heterocycles. The predicted octanol–water partition coefficient (Wildman–Crippen LogP) is 0.124. The minimum absolute atomic E-state index is 0.376. The highest BCUT2D eigenvalue weighted by Gasteiger charge is 1.98. The summed E-state index contributed by atoms with van der Waals surface area (Å²) in [6.07, 6.45) is 4.21. The van der Waals surface area contributed by atoms with Crippen molar-refractivity contribution in [2.75, 3.05) is 0 Å². The van der Waals surface area contributed by atoms with E-state index >= 15 is 0 Å². The number of hydrogen-bond acceptors (Lipinski definition) is 3. The van der Waals surface area contributed by atoms with Gasteiger partial charge in [-0.1, -0.05) is 0 Å². The molecule has 0 aliphatic rings. The smallest absolute Gasteiger partial charge is 0.0945 e. The first-order chi connectivity index (χ1) is 5.33. The second-order valence-electron chi connectivity index (χ2n) is 2.29. The zero-order chi connectivity index (χ0) is 8.10. The molecular formula is C7H10N4. The predicted molar refractivity (Wildman–Crippen MR) is 40.4 cm³/mol. The lowest BCUT2D eigenvalue weighted by Crippen LogP contribution is -2.19. The molecule has 2 N–H and O–H groups in total. The molecule has 0 saturated carbocycles. The Hall–Kier alpha value is -1.34. The maximum Gasteiger partial charge on any atom is 0.0945 e. The number of aryl methyl sites for hydroxylation is 1. The molecular weight excluding hydrogens is 140 g/mol. The van der Waals surface area contributed by atoms with E-state index in [1.165, 1.54) is 0 Å². The monoisotopic (exact) mass is 150 g/mol. The molecule has 0 fully saturated rings. The molecule has 1 aromatic rings. The highest BCUT2D eigenvalue weighted by molar-refractivity contribution is 4.86. The van der Waals surface area contributed by atoms with Crippen LogP contribution in [0.5, 0.6) is 0 Å². The third kappa shape index (κ3) is 2.40. The van der Waals surface area contributed by atoms with E-state index in [9.17, 15) is 0 Å². The molecule has 0 saturated heterocycles. The zero-order valence-electron chi connectivity index (χ0n) is 6.14. The molecule has 1 rings (SSSR count). The lowest BCUT2D eigenvalue weighted by atomic mass is 10.2. The topological polar surface area (TPSA) is 67.6 Å². The molecule has 0 aliphatic heterocycles. The average molecular weight is 150 g/mol. The molecule has 11 heavy (non-hydrogen) atoms. The van der Waals surface area contributed by atoms with Crippen molar-refractivity contribution in [3.63, 3.8) is 0 Å². The van der Waals surface area contributed by atoms with Gasteiger partial charge in [0.05, 0.1) is 12.1 Å². The summed E-state index contributed by atoms with van der Waals surface area (Å²) in [6, 6.07) is 3.43. The summed E-state index contributed by atoms with van der Waals surface area (Å²) in [5.74, 6) is 0. The maximum atomic E-state index is 8.36. The summed E-state index contributed by atoms with van der Waals surface area (Å²) in [5, 5.41) is 12.3. The minimum atomic E-state index is -0.376. The Labute approximate surface area is 65.2 Å². The Morgan fingerprint density at radius 3 is 3.09 bits per heavy atom. The maximum absolute atomic E-state index is 8.36.